The first-order valence-electron chi connectivity index (χ1n) is 13.9. The number of piperidine rings is 2. The van der Waals surface area contributed by atoms with E-state index in [0.29, 0.717) is 40.6 Å². The molecule has 2 aromatic rings. The minimum absolute atomic E-state index is 0.00853. The van der Waals surface area contributed by atoms with Crippen molar-refractivity contribution in [3.05, 3.63) is 69.2 Å². The van der Waals surface area contributed by atoms with Crippen molar-refractivity contribution in [1.29, 1.82) is 0 Å². The summed E-state index contributed by atoms with van der Waals surface area (Å²) in [6, 6.07) is 12.4. The van der Waals surface area contributed by atoms with Gasteiger partial charge in [-0.3, -0.25) is 34.1 Å². The molecule has 3 aliphatic heterocycles. The molecule has 0 saturated carbocycles. The van der Waals surface area contributed by atoms with Crippen molar-refractivity contribution in [2.24, 2.45) is 5.92 Å². The molecule has 40 heavy (non-hydrogen) atoms. The molecule has 0 bridgehead atoms. The van der Waals surface area contributed by atoms with Crippen LogP contribution in [0.1, 0.15) is 70.7 Å². The van der Waals surface area contributed by atoms with Gasteiger partial charge in [0, 0.05) is 38.4 Å². The molecular formula is C30H34Cl2N4O4. The molecule has 8 nitrogen and oxygen atoms in total. The van der Waals surface area contributed by atoms with Crippen molar-refractivity contribution in [2.45, 2.75) is 44.4 Å². The first-order valence-corrected chi connectivity index (χ1v) is 14.7. The number of benzene rings is 2. The van der Waals surface area contributed by atoms with Gasteiger partial charge in [0.1, 0.15) is 0 Å². The molecular weight excluding hydrogens is 551 g/mol. The van der Waals surface area contributed by atoms with Gasteiger partial charge < -0.3 is 4.90 Å². The number of carbonyl (C=O) groups excluding carboxylic acids is 4. The summed E-state index contributed by atoms with van der Waals surface area (Å²) in [5.41, 5.74) is 1.79. The Hall–Kier alpha value is -2.94. The van der Waals surface area contributed by atoms with Crippen LogP contribution in [0.25, 0.3) is 0 Å². The monoisotopic (exact) mass is 584 g/mol. The fourth-order valence-corrected chi connectivity index (χ4v) is 6.30. The molecule has 3 heterocycles. The standard InChI is InChI=1S/C30H34Cl2N4O4/c1-33(36-14-5-4-8-27(36)37)28(38)20-11-15-34(16-12-20)17-13-22(21-9-10-25(31)26(32)18-21)19-35-29(39)23-6-2-3-7-24(23)30(35)40/h2-3,6-7,9-10,18,20,22H,4-5,8,11-17,19H2,1H3/t22-/m1/s1. The average Bonchev–Trinajstić information content (AvgIpc) is 3.21. The van der Waals surface area contributed by atoms with Crippen LogP contribution >= 0.6 is 23.2 Å². The predicted molar refractivity (Wildman–Crippen MR) is 153 cm³/mol. The van der Waals surface area contributed by atoms with Crippen molar-refractivity contribution in [3.63, 3.8) is 0 Å². The maximum atomic E-state index is 13.1. The summed E-state index contributed by atoms with van der Waals surface area (Å²) in [6.07, 6.45) is 4.44. The van der Waals surface area contributed by atoms with E-state index >= 15 is 0 Å². The van der Waals surface area contributed by atoms with Crippen LogP contribution in [-0.4, -0.2) is 83.2 Å². The number of fused-ring (bicyclic) bond motifs is 1. The van der Waals surface area contributed by atoms with Gasteiger partial charge in [-0.25, -0.2) is 0 Å². The molecule has 0 unspecified atom stereocenters. The summed E-state index contributed by atoms with van der Waals surface area (Å²) in [5, 5.41) is 4.01. The second-order valence-electron chi connectivity index (χ2n) is 10.9. The maximum absolute atomic E-state index is 13.1. The number of likely N-dealkylation sites (tertiary alicyclic amines) is 1. The van der Waals surface area contributed by atoms with Gasteiger partial charge in [-0.05, 0) is 81.6 Å². The summed E-state index contributed by atoms with van der Waals surface area (Å²) in [4.78, 5) is 55.2. The molecule has 4 amide bonds. The smallest absolute Gasteiger partial charge is 0.261 e. The minimum atomic E-state index is -0.277. The Bertz CT molecular complexity index is 1280. The molecule has 1 atom stereocenters. The summed E-state index contributed by atoms with van der Waals surface area (Å²) >= 11 is 12.5. The lowest BCUT2D eigenvalue weighted by Gasteiger charge is -2.39. The zero-order valence-corrected chi connectivity index (χ0v) is 24.2. The highest BCUT2D eigenvalue weighted by atomic mass is 35.5. The van der Waals surface area contributed by atoms with E-state index in [0.717, 1.165) is 50.9 Å². The van der Waals surface area contributed by atoms with Crippen molar-refractivity contribution >= 4 is 46.8 Å². The van der Waals surface area contributed by atoms with E-state index in [1.165, 1.54) is 9.91 Å². The Labute approximate surface area is 244 Å². The van der Waals surface area contributed by atoms with Gasteiger partial charge in [0.2, 0.25) is 11.8 Å². The highest BCUT2D eigenvalue weighted by Crippen LogP contribution is 2.32. The van der Waals surface area contributed by atoms with Gasteiger partial charge in [0.15, 0.2) is 0 Å². The number of nitrogens with zero attached hydrogens (tertiary/aromatic N) is 4. The quantitative estimate of drug-likeness (QED) is 0.414. The van der Waals surface area contributed by atoms with Crippen molar-refractivity contribution < 1.29 is 19.2 Å². The van der Waals surface area contributed by atoms with Crippen LogP contribution < -0.4 is 0 Å². The molecule has 5 rings (SSSR count). The number of hydrogen-bond donors (Lipinski definition) is 0. The van der Waals surface area contributed by atoms with E-state index in [-0.39, 0.29) is 42.0 Å². The minimum Gasteiger partial charge on any atom is -0.303 e. The average molecular weight is 586 g/mol. The Morgan fingerprint density at radius 3 is 2.25 bits per heavy atom. The zero-order chi connectivity index (χ0) is 28.4. The van der Waals surface area contributed by atoms with Gasteiger partial charge >= 0.3 is 0 Å². The largest absolute Gasteiger partial charge is 0.303 e. The molecule has 0 N–H and O–H groups in total. The zero-order valence-electron chi connectivity index (χ0n) is 22.7. The fraction of sp³-hybridized carbons (Fsp3) is 0.467. The number of amides is 4. The molecule has 0 spiro atoms. The van der Waals surface area contributed by atoms with Crippen LogP contribution in [-0.2, 0) is 9.59 Å². The van der Waals surface area contributed by atoms with E-state index in [2.05, 4.69) is 4.90 Å². The van der Waals surface area contributed by atoms with Gasteiger partial charge in [0.25, 0.3) is 11.8 Å². The molecule has 10 heteroatoms. The van der Waals surface area contributed by atoms with Crippen molar-refractivity contribution in [2.75, 3.05) is 39.8 Å². The van der Waals surface area contributed by atoms with Crippen LogP contribution in [0.5, 0.6) is 0 Å². The molecule has 2 aromatic carbocycles. The third kappa shape index (κ3) is 5.90. The molecule has 0 aromatic heterocycles. The lowest BCUT2D eigenvalue weighted by atomic mass is 9.92. The van der Waals surface area contributed by atoms with E-state index in [9.17, 15) is 19.2 Å². The molecule has 2 fully saturated rings. The Kier molecular flexibility index (Phi) is 8.78. The van der Waals surface area contributed by atoms with E-state index in [1.54, 1.807) is 42.4 Å². The van der Waals surface area contributed by atoms with E-state index < -0.39 is 0 Å². The lowest BCUT2D eigenvalue weighted by Crippen LogP contribution is -2.52. The highest BCUT2D eigenvalue weighted by molar-refractivity contribution is 6.42. The van der Waals surface area contributed by atoms with Gasteiger partial charge in [-0.2, -0.15) is 0 Å². The number of carbonyl (C=O) groups is 4. The van der Waals surface area contributed by atoms with Crippen LogP contribution in [0, 0.1) is 5.92 Å². The topological polar surface area (TPSA) is 81.2 Å². The number of halogens is 2. The predicted octanol–water partition coefficient (Wildman–Crippen LogP) is 4.86. The molecule has 2 saturated heterocycles. The summed E-state index contributed by atoms with van der Waals surface area (Å²) in [7, 11) is 1.71. The number of rotatable bonds is 8. The molecule has 0 aliphatic carbocycles. The van der Waals surface area contributed by atoms with Crippen LogP contribution in [0.3, 0.4) is 0 Å². The first-order chi connectivity index (χ1) is 19.2. The number of imide groups is 1. The third-order valence-electron chi connectivity index (χ3n) is 8.41. The highest BCUT2D eigenvalue weighted by Gasteiger charge is 2.37. The second kappa shape index (κ2) is 12.3. The summed E-state index contributed by atoms with van der Waals surface area (Å²) in [6.45, 7) is 3.12. The fourth-order valence-electron chi connectivity index (χ4n) is 5.99. The van der Waals surface area contributed by atoms with Gasteiger partial charge in [-0.1, -0.05) is 41.4 Å². The third-order valence-corrected chi connectivity index (χ3v) is 9.15. The second-order valence-corrected chi connectivity index (χ2v) is 11.7. The summed E-state index contributed by atoms with van der Waals surface area (Å²) < 4.78 is 0. The first kappa shape index (κ1) is 28.6. The van der Waals surface area contributed by atoms with Crippen LogP contribution in [0.2, 0.25) is 10.0 Å². The Balaban J connectivity index is 1.22. The van der Waals surface area contributed by atoms with Gasteiger partial charge in [-0.15, -0.1) is 0 Å². The number of hydrazine groups is 1. The van der Waals surface area contributed by atoms with Crippen LogP contribution in [0.4, 0.5) is 0 Å². The Morgan fingerprint density at radius 2 is 1.62 bits per heavy atom. The molecule has 212 valence electrons. The van der Waals surface area contributed by atoms with Gasteiger partial charge in [0.05, 0.1) is 21.2 Å². The normalized spacial score (nSPS) is 19.2. The number of hydrogen-bond acceptors (Lipinski definition) is 5. The molecule has 3 aliphatic rings. The summed E-state index contributed by atoms with van der Waals surface area (Å²) in [5.74, 6) is -0.768. The SMILES string of the molecule is CN(C(=O)C1CCN(CC[C@H](CN2C(=O)c3ccccc3C2=O)c2ccc(Cl)c(Cl)c2)CC1)N1CCCCC1=O. The van der Waals surface area contributed by atoms with E-state index in [4.69, 9.17) is 23.2 Å². The Morgan fingerprint density at radius 1 is 0.950 bits per heavy atom. The van der Waals surface area contributed by atoms with Crippen LogP contribution in [0.15, 0.2) is 42.5 Å². The van der Waals surface area contributed by atoms with E-state index in [1.807, 2.05) is 12.1 Å². The van der Waals surface area contributed by atoms with Crippen molar-refractivity contribution in [3.8, 4) is 0 Å². The lowest BCUT2D eigenvalue weighted by molar-refractivity contribution is -0.166. The maximum Gasteiger partial charge on any atom is 0.261 e. The molecule has 0 radical (unpaired) electrons. The van der Waals surface area contributed by atoms with Crippen molar-refractivity contribution in [1.82, 2.24) is 19.8 Å².